The molecule has 27 heavy (non-hydrogen) atoms. The quantitative estimate of drug-likeness (QED) is 0.882. The van der Waals surface area contributed by atoms with Gasteiger partial charge in [-0.1, -0.05) is 0 Å². The molecule has 1 N–H and O–H groups in total. The highest BCUT2D eigenvalue weighted by atomic mass is 16.5. The number of fused-ring (bicyclic) bond motifs is 1. The van der Waals surface area contributed by atoms with Gasteiger partial charge in [0, 0.05) is 18.8 Å². The van der Waals surface area contributed by atoms with E-state index in [-0.39, 0.29) is 11.9 Å². The Morgan fingerprint density at radius 3 is 2.37 bits per heavy atom. The van der Waals surface area contributed by atoms with E-state index in [0.717, 1.165) is 24.3 Å². The first-order valence-electron chi connectivity index (χ1n) is 8.84. The lowest BCUT2D eigenvalue weighted by Gasteiger charge is -2.33. The van der Waals surface area contributed by atoms with Gasteiger partial charge in [0.15, 0.2) is 11.5 Å². The Kier molecular flexibility index (Phi) is 5.63. The van der Waals surface area contributed by atoms with Crippen LogP contribution in [0, 0.1) is 11.3 Å². The Hall–Kier alpha value is -3.04. The molecule has 1 aliphatic heterocycles. The van der Waals surface area contributed by atoms with Crippen molar-refractivity contribution in [3.8, 4) is 17.6 Å². The maximum atomic E-state index is 12.6. The van der Waals surface area contributed by atoms with Crippen molar-refractivity contribution in [3.05, 3.63) is 53.1 Å². The van der Waals surface area contributed by atoms with Gasteiger partial charge in [0.2, 0.25) is 5.91 Å². The Labute approximate surface area is 159 Å². The van der Waals surface area contributed by atoms with Crippen molar-refractivity contribution in [1.82, 2.24) is 4.90 Å². The number of nitrogens with zero attached hydrogens (tertiary/aromatic N) is 2. The third-order valence-corrected chi connectivity index (χ3v) is 4.96. The maximum absolute atomic E-state index is 12.6. The lowest BCUT2D eigenvalue weighted by molar-refractivity contribution is -0.121. The van der Waals surface area contributed by atoms with E-state index >= 15 is 0 Å². The molecule has 0 bridgehead atoms. The Balaban J connectivity index is 1.70. The monoisotopic (exact) mass is 365 g/mol. The second-order valence-corrected chi connectivity index (χ2v) is 6.55. The van der Waals surface area contributed by atoms with Crippen molar-refractivity contribution >= 4 is 11.6 Å². The van der Waals surface area contributed by atoms with E-state index in [9.17, 15) is 4.79 Å². The van der Waals surface area contributed by atoms with Gasteiger partial charge in [-0.25, -0.2) is 0 Å². The van der Waals surface area contributed by atoms with Crippen LogP contribution < -0.4 is 14.8 Å². The molecule has 0 saturated carbocycles. The van der Waals surface area contributed by atoms with Gasteiger partial charge in [0.05, 0.1) is 31.9 Å². The average molecular weight is 365 g/mol. The number of hydrogen-bond donors (Lipinski definition) is 1. The second-order valence-electron chi connectivity index (χ2n) is 6.55. The zero-order valence-corrected chi connectivity index (χ0v) is 15.8. The molecule has 0 aromatic heterocycles. The molecule has 0 aliphatic carbocycles. The molecule has 1 aliphatic rings. The van der Waals surface area contributed by atoms with Crippen LogP contribution in [0.4, 0.5) is 5.69 Å². The minimum absolute atomic E-state index is 0.0661. The summed E-state index contributed by atoms with van der Waals surface area (Å²) < 4.78 is 10.8. The molecule has 0 fully saturated rings. The van der Waals surface area contributed by atoms with Gasteiger partial charge in [-0.3, -0.25) is 9.69 Å². The molecule has 6 nitrogen and oxygen atoms in total. The van der Waals surface area contributed by atoms with Gasteiger partial charge in [-0.05, 0) is 60.9 Å². The lowest BCUT2D eigenvalue weighted by atomic mass is 9.97. The van der Waals surface area contributed by atoms with Gasteiger partial charge in [0.1, 0.15) is 0 Å². The number of nitrogens with one attached hydrogen (secondary N) is 1. The number of carbonyl (C=O) groups is 1. The number of benzene rings is 2. The second kappa shape index (κ2) is 8.11. The van der Waals surface area contributed by atoms with Crippen molar-refractivity contribution in [2.24, 2.45) is 0 Å². The molecule has 1 heterocycles. The summed E-state index contributed by atoms with van der Waals surface area (Å²) in [6, 6.07) is 12.7. The Morgan fingerprint density at radius 1 is 1.15 bits per heavy atom. The van der Waals surface area contributed by atoms with Crippen LogP contribution in [0.25, 0.3) is 0 Å². The molecule has 2 aromatic rings. The van der Waals surface area contributed by atoms with Crippen molar-refractivity contribution in [3.63, 3.8) is 0 Å². The zero-order valence-electron chi connectivity index (χ0n) is 15.8. The van der Waals surface area contributed by atoms with E-state index in [1.165, 1.54) is 5.56 Å². The first-order chi connectivity index (χ1) is 13.0. The molecular weight excluding hydrogens is 342 g/mol. The molecule has 0 saturated heterocycles. The molecule has 140 valence electrons. The number of hydrogen-bond acceptors (Lipinski definition) is 5. The van der Waals surface area contributed by atoms with Crippen molar-refractivity contribution in [1.29, 1.82) is 5.26 Å². The van der Waals surface area contributed by atoms with Gasteiger partial charge < -0.3 is 14.8 Å². The fourth-order valence-corrected chi connectivity index (χ4v) is 3.28. The van der Waals surface area contributed by atoms with Crippen LogP contribution in [0.3, 0.4) is 0 Å². The van der Waals surface area contributed by atoms with Crippen LogP contribution in [0.2, 0.25) is 0 Å². The summed E-state index contributed by atoms with van der Waals surface area (Å²) >= 11 is 0. The van der Waals surface area contributed by atoms with E-state index in [1.54, 1.807) is 38.5 Å². The van der Waals surface area contributed by atoms with Gasteiger partial charge in [-0.15, -0.1) is 0 Å². The highest BCUT2D eigenvalue weighted by molar-refractivity contribution is 5.94. The maximum Gasteiger partial charge on any atom is 0.241 e. The number of amides is 1. The van der Waals surface area contributed by atoms with Crippen LogP contribution in [0.1, 0.15) is 23.6 Å². The topological polar surface area (TPSA) is 74.6 Å². The predicted molar refractivity (Wildman–Crippen MR) is 103 cm³/mol. The first-order valence-corrected chi connectivity index (χ1v) is 8.84. The van der Waals surface area contributed by atoms with Gasteiger partial charge in [-0.2, -0.15) is 5.26 Å². The van der Waals surface area contributed by atoms with Crippen molar-refractivity contribution in [2.45, 2.75) is 25.9 Å². The van der Waals surface area contributed by atoms with Crippen LogP contribution in [0.5, 0.6) is 11.5 Å². The predicted octanol–water partition coefficient (Wildman–Crippen LogP) is 2.96. The van der Waals surface area contributed by atoms with E-state index < -0.39 is 0 Å². The highest BCUT2D eigenvalue weighted by Crippen LogP contribution is 2.33. The summed E-state index contributed by atoms with van der Waals surface area (Å²) in [6.07, 6.45) is 0.851. The minimum atomic E-state index is -0.276. The molecule has 1 amide bonds. The van der Waals surface area contributed by atoms with E-state index in [2.05, 4.69) is 16.3 Å². The Bertz CT molecular complexity index is 871. The van der Waals surface area contributed by atoms with Gasteiger partial charge >= 0.3 is 0 Å². The number of carbonyl (C=O) groups excluding carboxylic acids is 1. The zero-order chi connectivity index (χ0) is 19.4. The first kappa shape index (κ1) is 18.7. The summed E-state index contributed by atoms with van der Waals surface area (Å²) in [5, 5.41) is 11.8. The largest absolute Gasteiger partial charge is 0.493 e. The smallest absolute Gasteiger partial charge is 0.241 e. The molecule has 0 spiro atoms. The fourth-order valence-electron chi connectivity index (χ4n) is 3.28. The summed E-state index contributed by atoms with van der Waals surface area (Å²) in [6.45, 7) is 3.38. The highest BCUT2D eigenvalue weighted by Gasteiger charge is 2.26. The van der Waals surface area contributed by atoms with Crippen molar-refractivity contribution < 1.29 is 14.3 Å². The fraction of sp³-hybridized carbons (Fsp3) is 0.333. The third kappa shape index (κ3) is 4.04. The third-order valence-electron chi connectivity index (χ3n) is 4.96. The standard InChI is InChI=1S/C21H23N3O3/c1-14(21(25)23-18-6-4-15(12-22)5-7-18)24-9-8-16-10-19(26-2)20(27-3)11-17(16)13-24/h4-7,10-11,14H,8-9,13H2,1-3H3,(H,23,25)/t14-/m0/s1. The molecule has 3 rings (SSSR count). The number of anilines is 1. The summed E-state index contributed by atoms with van der Waals surface area (Å²) in [7, 11) is 3.26. The van der Waals surface area contributed by atoms with Gasteiger partial charge in [0.25, 0.3) is 0 Å². The van der Waals surface area contributed by atoms with E-state index in [0.29, 0.717) is 23.5 Å². The summed E-state index contributed by atoms with van der Waals surface area (Å²) in [4.78, 5) is 14.8. The summed E-state index contributed by atoms with van der Waals surface area (Å²) in [5.41, 5.74) is 3.63. The van der Waals surface area contributed by atoms with Crippen LogP contribution >= 0.6 is 0 Å². The molecule has 1 atom stereocenters. The Morgan fingerprint density at radius 2 is 1.78 bits per heavy atom. The number of ether oxygens (including phenoxy) is 2. The van der Waals surface area contributed by atoms with Crippen LogP contribution in [0.15, 0.2) is 36.4 Å². The molecule has 0 radical (unpaired) electrons. The van der Waals surface area contributed by atoms with Crippen LogP contribution in [-0.4, -0.2) is 37.6 Å². The normalized spacial score (nSPS) is 14.6. The van der Waals surface area contributed by atoms with Crippen LogP contribution in [-0.2, 0) is 17.8 Å². The molecular formula is C21H23N3O3. The molecule has 0 unspecified atom stereocenters. The molecule has 6 heteroatoms. The minimum Gasteiger partial charge on any atom is -0.493 e. The van der Waals surface area contributed by atoms with E-state index in [4.69, 9.17) is 14.7 Å². The number of nitriles is 1. The summed E-state index contributed by atoms with van der Waals surface area (Å²) in [5.74, 6) is 1.37. The SMILES string of the molecule is COc1cc2c(cc1OC)CN([C@@H](C)C(=O)Nc1ccc(C#N)cc1)CC2. The van der Waals surface area contributed by atoms with E-state index in [1.807, 2.05) is 19.1 Å². The lowest BCUT2D eigenvalue weighted by Crippen LogP contribution is -2.44. The molecule has 2 aromatic carbocycles. The van der Waals surface area contributed by atoms with Crippen molar-refractivity contribution in [2.75, 3.05) is 26.1 Å². The number of methoxy groups -OCH3 is 2. The number of rotatable bonds is 5. The average Bonchev–Trinajstić information content (AvgIpc) is 2.72.